The zero-order valence-electron chi connectivity index (χ0n) is 18.8. The first-order valence-corrected chi connectivity index (χ1v) is 11.2. The van der Waals surface area contributed by atoms with Crippen molar-refractivity contribution in [2.24, 2.45) is 21.7 Å². The van der Waals surface area contributed by atoms with Crippen LogP contribution in [0.1, 0.15) is 79.7 Å². The van der Waals surface area contributed by atoms with E-state index in [1.807, 2.05) is 20.8 Å². The van der Waals surface area contributed by atoms with Crippen LogP contribution in [0.2, 0.25) is 0 Å². The third-order valence-electron chi connectivity index (χ3n) is 6.66. The van der Waals surface area contributed by atoms with Crippen molar-refractivity contribution in [2.45, 2.75) is 86.1 Å². The van der Waals surface area contributed by atoms with Crippen LogP contribution in [0.4, 0.5) is 0 Å². The van der Waals surface area contributed by atoms with Crippen LogP contribution in [-0.4, -0.2) is 22.8 Å². The van der Waals surface area contributed by atoms with Crippen molar-refractivity contribution in [3.05, 3.63) is 16.4 Å². The normalized spacial score (nSPS) is 25.1. The van der Waals surface area contributed by atoms with E-state index in [0.717, 1.165) is 29.5 Å². The maximum absolute atomic E-state index is 13.2. The first kappa shape index (κ1) is 22.9. The Bertz CT molecular complexity index is 797. The lowest BCUT2D eigenvalue weighted by atomic mass is 9.65. The third-order valence-corrected chi connectivity index (χ3v) is 8.03. The zero-order chi connectivity index (χ0) is 21.3. The van der Waals surface area contributed by atoms with Gasteiger partial charge >= 0.3 is 0 Å². The molecule has 1 N–H and O–H groups in total. The maximum Gasteiger partial charge on any atom is 0.250 e. The summed E-state index contributed by atoms with van der Waals surface area (Å²) < 4.78 is 3.02. The van der Waals surface area contributed by atoms with Gasteiger partial charge in [0, 0.05) is 30.3 Å². The molecule has 1 fully saturated rings. The van der Waals surface area contributed by atoms with E-state index >= 15 is 0 Å². The van der Waals surface area contributed by atoms with Crippen LogP contribution in [0.5, 0.6) is 0 Å². The molecule has 1 aliphatic carbocycles. The van der Waals surface area contributed by atoms with E-state index in [1.165, 1.54) is 0 Å². The number of amides is 2. The summed E-state index contributed by atoms with van der Waals surface area (Å²) in [6.07, 6.45) is 6.70. The van der Waals surface area contributed by atoms with Gasteiger partial charge in [0.25, 0.3) is 5.91 Å². The number of hydrogen-bond donors (Lipinski definition) is 1. The van der Waals surface area contributed by atoms with Gasteiger partial charge in [0.2, 0.25) is 5.91 Å². The summed E-state index contributed by atoms with van der Waals surface area (Å²) in [5, 5.41) is 2.78. The second kappa shape index (κ2) is 8.13. The van der Waals surface area contributed by atoms with E-state index in [4.69, 9.17) is 0 Å². The molecule has 0 aliphatic heterocycles. The van der Waals surface area contributed by atoms with Crippen molar-refractivity contribution in [2.75, 3.05) is 7.05 Å². The Morgan fingerprint density at radius 1 is 1.32 bits per heavy atom. The minimum absolute atomic E-state index is 0.0122. The largest absolute Gasteiger partial charge is 0.359 e. The van der Waals surface area contributed by atoms with E-state index in [0.29, 0.717) is 12.8 Å². The first-order chi connectivity index (χ1) is 12.9. The number of aromatic nitrogens is 1. The minimum atomic E-state index is -0.552. The molecule has 0 unspecified atom stereocenters. The summed E-state index contributed by atoms with van der Waals surface area (Å²) >= 11 is 1.56. The topological polar surface area (TPSA) is 63.5 Å². The van der Waals surface area contributed by atoms with E-state index in [-0.39, 0.29) is 23.3 Å². The lowest BCUT2D eigenvalue weighted by Gasteiger charge is -2.39. The Balaban J connectivity index is 2.41. The average molecular weight is 408 g/mol. The lowest BCUT2D eigenvalue weighted by Crippen LogP contribution is -2.47. The van der Waals surface area contributed by atoms with Gasteiger partial charge in [0.05, 0.1) is 5.41 Å². The number of carbonyl (C=O) groups excluding carboxylic acids is 2. The summed E-state index contributed by atoms with van der Waals surface area (Å²) in [7, 11) is 1.67. The summed E-state index contributed by atoms with van der Waals surface area (Å²) in [4.78, 5) is 30.3. The van der Waals surface area contributed by atoms with Crippen LogP contribution in [0.25, 0.3) is 0 Å². The van der Waals surface area contributed by atoms with Crippen LogP contribution in [0.15, 0.2) is 11.2 Å². The van der Waals surface area contributed by atoms with Gasteiger partial charge in [0.15, 0.2) is 0 Å². The van der Waals surface area contributed by atoms with Crippen molar-refractivity contribution in [3.63, 3.8) is 0 Å². The molecule has 1 heterocycles. The Labute approximate surface area is 173 Å². The highest BCUT2D eigenvalue weighted by Gasteiger charge is 2.57. The van der Waals surface area contributed by atoms with E-state index < -0.39 is 10.8 Å². The second-order valence-electron chi connectivity index (χ2n) is 9.83. The summed E-state index contributed by atoms with van der Waals surface area (Å²) in [5.74, 6) is -0.310. The Morgan fingerprint density at radius 3 is 2.50 bits per heavy atom. The maximum atomic E-state index is 13.2. The van der Waals surface area contributed by atoms with E-state index in [1.54, 1.807) is 18.6 Å². The van der Waals surface area contributed by atoms with Gasteiger partial charge in [-0.3, -0.25) is 13.5 Å². The number of rotatable bonds is 5. The Morgan fingerprint density at radius 2 is 1.96 bits per heavy atom. The van der Waals surface area contributed by atoms with Crippen molar-refractivity contribution in [3.8, 4) is 0 Å². The fourth-order valence-corrected chi connectivity index (χ4v) is 5.17. The molecule has 2 atom stereocenters. The molecule has 2 rings (SSSR count). The number of nitrogens with zero attached hydrogens (tertiary/aromatic N) is 2. The van der Waals surface area contributed by atoms with Gasteiger partial charge in [-0.05, 0) is 63.4 Å². The van der Waals surface area contributed by atoms with Crippen LogP contribution in [-0.2, 0) is 21.5 Å². The second-order valence-corrected chi connectivity index (χ2v) is 10.8. The molecule has 2 amide bonds. The van der Waals surface area contributed by atoms with Gasteiger partial charge in [-0.15, -0.1) is 0 Å². The highest BCUT2D eigenvalue weighted by Crippen LogP contribution is 2.56. The van der Waals surface area contributed by atoms with Gasteiger partial charge in [-0.1, -0.05) is 34.1 Å². The molecular formula is C22H37N3O2S. The van der Waals surface area contributed by atoms with Crippen LogP contribution >= 0.6 is 11.5 Å². The standard InChI is InChI=1S/C22H37N3O2S/c1-9-10-11-15-14-25(20(2,3)4)28-18(15)24-17(26)16-12-13-22(7,19(27)23-8)21(16,5)6/h14,16H,9-13H2,1-8H3,(H,23,27)/b24-18-/t16-,22+/m1/s1. The molecule has 0 bridgehead atoms. The van der Waals surface area contributed by atoms with E-state index in [2.05, 4.69) is 48.2 Å². The van der Waals surface area contributed by atoms with Crippen molar-refractivity contribution >= 4 is 23.3 Å². The molecule has 0 spiro atoms. The van der Waals surface area contributed by atoms with Crippen molar-refractivity contribution in [1.82, 2.24) is 9.27 Å². The summed E-state index contributed by atoms with van der Waals surface area (Å²) in [5.41, 5.74) is 0.130. The average Bonchev–Trinajstić information content (AvgIpc) is 3.11. The Kier molecular flexibility index (Phi) is 6.64. The lowest BCUT2D eigenvalue weighted by molar-refractivity contribution is -0.137. The molecule has 1 aliphatic rings. The number of carbonyl (C=O) groups is 2. The number of hydrogen-bond acceptors (Lipinski definition) is 3. The molecule has 0 saturated heterocycles. The van der Waals surface area contributed by atoms with Gasteiger partial charge in [0.1, 0.15) is 4.67 Å². The predicted molar refractivity (Wildman–Crippen MR) is 115 cm³/mol. The monoisotopic (exact) mass is 407 g/mol. The zero-order valence-corrected chi connectivity index (χ0v) is 19.6. The minimum Gasteiger partial charge on any atom is -0.359 e. The number of aryl methyl sites for hydroxylation is 1. The molecule has 5 nitrogen and oxygen atoms in total. The molecule has 1 saturated carbocycles. The quantitative estimate of drug-likeness (QED) is 0.792. The number of nitrogens with one attached hydrogen (secondary N) is 1. The smallest absolute Gasteiger partial charge is 0.250 e. The van der Waals surface area contributed by atoms with E-state index in [9.17, 15) is 9.59 Å². The molecule has 6 heteroatoms. The fraction of sp³-hybridized carbons (Fsp3) is 0.773. The van der Waals surface area contributed by atoms with Crippen LogP contribution in [0, 0.1) is 16.7 Å². The first-order valence-electron chi connectivity index (χ1n) is 10.4. The molecular weight excluding hydrogens is 370 g/mol. The molecule has 1 aromatic heterocycles. The highest BCUT2D eigenvalue weighted by atomic mass is 32.1. The van der Waals surface area contributed by atoms with Gasteiger partial charge < -0.3 is 5.32 Å². The SMILES string of the molecule is CCCCc1cn(C(C)(C)C)s/c1=N\C(=O)[C@H]1CC[C@@](C)(C(=O)NC)C1(C)C. The molecule has 1 aromatic rings. The number of unbranched alkanes of at least 4 members (excludes halogenated alkanes) is 1. The molecule has 0 aromatic carbocycles. The molecule has 0 radical (unpaired) electrons. The fourth-order valence-electron chi connectivity index (χ4n) is 4.13. The van der Waals surface area contributed by atoms with Crippen molar-refractivity contribution < 1.29 is 9.59 Å². The highest BCUT2D eigenvalue weighted by molar-refractivity contribution is 7.04. The summed E-state index contributed by atoms with van der Waals surface area (Å²) in [6.45, 7) is 14.7. The van der Waals surface area contributed by atoms with Crippen LogP contribution in [0.3, 0.4) is 0 Å². The van der Waals surface area contributed by atoms with Crippen LogP contribution < -0.4 is 9.99 Å². The predicted octanol–water partition coefficient (Wildman–Crippen LogP) is 4.26. The summed E-state index contributed by atoms with van der Waals surface area (Å²) in [6, 6.07) is 0. The molecule has 158 valence electrons. The molecule has 28 heavy (non-hydrogen) atoms. The van der Waals surface area contributed by atoms with Crippen molar-refractivity contribution in [1.29, 1.82) is 0 Å². The Hall–Kier alpha value is -1.43. The third kappa shape index (κ3) is 4.12. The van der Waals surface area contributed by atoms with Gasteiger partial charge in [-0.2, -0.15) is 0 Å². The van der Waals surface area contributed by atoms with Gasteiger partial charge in [-0.25, -0.2) is 4.99 Å².